The molecule has 0 aliphatic heterocycles. The molecule has 0 saturated heterocycles. The zero-order chi connectivity index (χ0) is 16.1. The van der Waals surface area contributed by atoms with Gasteiger partial charge in [0.15, 0.2) is 9.84 Å². The molecule has 0 radical (unpaired) electrons. The number of urea groups is 1. The number of sulfone groups is 1. The van der Waals surface area contributed by atoms with Crippen LogP contribution in [-0.4, -0.2) is 49.1 Å². The average molecular weight is 320 g/mol. The lowest BCUT2D eigenvalue weighted by Crippen LogP contribution is -2.59. The van der Waals surface area contributed by atoms with E-state index in [0.29, 0.717) is 12.8 Å². The van der Waals surface area contributed by atoms with Crippen LogP contribution in [0.3, 0.4) is 0 Å². The van der Waals surface area contributed by atoms with E-state index in [-0.39, 0.29) is 24.0 Å². The summed E-state index contributed by atoms with van der Waals surface area (Å²) in [5, 5.41) is 14.4. The zero-order valence-corrected chi connectivity index (χ0v) is 13.3. The molecule has 2 amide bonds. The Morgan fingerprint density at radius 3 is 2.57 bits per heavy atom. The maximum absolute atomic E-state index is 11.8. The molecular formula is C13H24N2O5S. The number of hydrogen-bond donors (Lipinski definition) is 3. The number of carbonyl (C=O) groups is 2. The number of nitrogens with one attached hydrogen (secondary N) is 2. The van der Waals surface area contributed by atoms with Crippen molar-refractivity contribution in [1.82, 2.24) is 10.6 Å². The van der Waals surface area contributed by atoms with Crippen molar-refractivity contribution in [3.05, 3.63) is 0 Å². The zero-order valence-electron chi connectivity index (χ0n) is 12.5. The van der Waals surface area contributed by atoms with Crippen LogP contribution in [0.2, 0.25) is 0 Å². The Balaban J connectivity index is 2.56. The average Bonchev–Trinajstić information content (AvgIpc) is 2.38. The number of aliphatic carboxylic acids is 1. The summed E-state index contributed by atoms with van der Waals surface area (Å²) in [6, 6.07) is -0.627. The van der Waals surface area contributed by atoms with Crippen molar-refractivity contribution < 1.29 is 23.1 Å². The highest BCUT2D eigenvalue weighted by atomic mass is 32.2. The van der Waals surface area contributed by atoms with Crippen LogP contribution in [0.15, 0.2) is 0 Å². The second-order valence-electron chi connectivity index (χ2n) is 5.71. The van der Waals surface area contributed by atoms with Crippen LogP contribution in [0.1, 0.15) is 39.5 Å². The SMILES string of the molecule is CCS(=O)(=O)CCNC(=O)NC1(C(=O)O)CCCC(C)C1. The van der Waals surface area contributed by atoms with Gasteiger partial charge in [0.25, 0.3) is 0 Å². The number of carboxylic acid groups (broad SMARTS) is 1. The van der Waals surface area contributed by atoms with Gasteiger partial charge in [-0.3, -0.25) is 0 Å². The smallest absolute Gasteiger partial charge is 0.329 e. The third-order valence-corrected chi connectivity index (χ3v) is 5.60. The van der Waals surface area contributed by atoms with E-state index in [1.165, 1.54) is 6.92 Å². The fourth-order valence-electron chi connectivity index (χ4n) is 2.64. The Hall–Kier alpha value is -1.31. The van der Waals surface area contributed by atoms with Crippen molar-refractivity contribution in [3.8, 4) is 0 Å². The minimum Gasteiger partial charge on any atom is -0.480 e. The topological polar surface area (TPSA) is 113 Å². The molecule has 3 N–H and O–H groups in total. The van der Waals surface area contributed by atoms with Crippen molar-refractivity contribution in [3.63, 3.8) is 0 Å². The number of hydrogen-bond acceptors (Lipinski definition) is 4. The fraction of sp³-hybridized carbons (Fsp3) is 0.846. The molecule has 0 spiro atoms. The fourth-order valence-corrected chi connectivity index (χ4v) is 3.34. The summed E-state index contributed by atoms with van der Waals surface area (Å²) >= 11 is 0. The maximum Gasteiger partial charge on any atom is 0.329 e. The molecule has 2 unspecified atom stereocenters. The van der Waals surface area contributed by atoms with E-state index >= 15 is 0 Å². The summed E-state index contributed by atoms with van der Waals surface area (Å²) < 4.78 is 22.6. The second kappa shape index (κ2) is 7.11. The number of amides is 2. The first-order chi connectivity index (χ1) is 9.71. The normalized spacial score (nSPS) is 26.1. The predicted molar refractivity (Wildman–Crippen MR) is 78.9 cm³/mol. The lowest BCUT2D eigenvalue weighted by atomic mass is 9.76. The Labute approximate surface area is 125 Å². The molecule has 122 valence electrons. The first-order valence-electron chi connectivity index (χ1n) is 7.20. The van der Waals surface area contributed by atoms with E-state index in [1.807, 2.05) is 6.92 Å². The maximum atomic E-state index is 11.8. The van der Waals surface area contributed by atoms with Gasteiger partial charge in [-0.15, -0.1) is 0 Å². The Morgan fingerprint density at radius 1 is 1.38 bits per heavy atom. The molecule has 1 fully saturated rings. The van der Waals surface area contributed by atoms with Crippen LogP contribution in [-0.2, 0) is 14.6 Å². The second-order valence-corrected chi connectivity index (χ2v) is 8.18. The van der Waals surface area contributed by atoms with Gasteiger partial charge in [0, 0.05) is 12.3 Å². The van der Waals surface area contributed by atoms with Crippen molar-refractivity contribution in [2.24, 2.45) is 5.92 Å². The molecule has 0 aromatic rings. The highest BCUT2D eigenvalue weighted by molar-refractivity contribution is 7.91. The minimum atomic E-state index is -3.15. The third kappa shape index (κ3) is 5.18. The Morgan fingerprint density at radius 2 is 2.05 bits per heavy atom. The van der Waals surface area contributed by atoms with Gasteiger partial charge in [0.05, 0.1) is 5.75 Å². The third-order valence-electron chi connectivity index (χ3n) is 3.90. The van der Waals surface area contributed by atoms with Gasteiger partial charge in [0.1, 0.15) is 5.54 Å². The number of carbonyl (C=O) groups excluding carboxylic acids is 1. The van der Waals surface area contributed by atoms with Crippen LogP contribution in [0.5, 0.6) is 0 Å². The lowest BCUT2D eigenvalue weighted by molar-refractivity contribution is -0.146. The molecule has 21 heavy (non-hydrogen) atoms. The molecule has 2 atom stereocenters. The van der Waals surface area contributed by atoms with E-state index < -0.39 is 27.4 Å². The molecule has 0 bridgehead atoms. The summed E-state index contributed by atoms with van der Waals surface area (Å²) in [5.74, 6) is -0.929. The van der Waals surface area contributed by atoms with Crippen molar-refractivity contribution in [1.29, 1.82) is 0 Å². The van der Waals surface area contributed by atoms with E-state index in [0.717, 1.165) is 12.8 Å². The number of rotatable bonds is 6. The van der Waals surface area contributed by atoms with Crippen molar-refractivity contribution in [2.75, 3.05) is 18.1 Å². The van der Waals surface area contributed by atoms with E-state index in [9.17, 15) is 23.1 Å². The first-order valence-corrected chi connectivity index (χ1v) is 9.03. The van der Waals surface area contributed by atoms with E-state index in [4.69, 9.17) is 0 Å². The van der Waals surface area contributed by atoms with Gasteiger partial charge in [0.2, 0.25) is 0 Å². The van der Waals surface area contributed by atoms with Gasteiger partial charge >= 0.3 is 12.0 Å². The molecular weight excluding hydrogens is 296 g/mol. The molecule has 8 heteroatoms. The molecule has 1 rings (SSSR count). The lowest BCUT2D eigenvalue weighted by Gasteiger charge is -2.36. The van der Waals surface area contributed by atoms with Gasteiger partial charge in [-0.2, -0.15) is 0 Å². The van der Waals surface area contributed by atoms with Crippen LogP contribution < -0.4 is 10.6 Å². The standard InChI is InChI=1S/C13H24N2O5S/c1-3-21(19,20)8-7-14-12(18)15-13(11(16)17)6-4-5-10(2)9-13/h10H,3-9H2,1-2H3,(H,16,17)(H2,14,15,18). The first kappa shape index (κ1) is 17.7. The van der Waals surface area contributed by atoms with Crippen LogP contribution in [0, 0.1) is 5.92 Å². The monoisotopic (exact) mass is 320 g/mol. The highest BCUT2D eigenvalue weighted by Crippen LogP contribution is 2.32. The summed E-state index contributed by atoms with van der Waals surface area (Å²) in [4.78, 5) is 23.3. The Bertz CT molecular complexity index is 491. The van der Waals surface area contributed by atoms with Crippen LogP contribution in [0.25, 0.3) is 0 Å². The van der Waals surface area contributed by atoms with Crippen molar-refractivity contribution in [2.45, 2.75) is 45.1 Å². The molecule has 0 aromatic carbocycles. The summed E-state index contributed by atoms with van der Waals surface area (Å²) in [6.45, 7) is 3.48. The largest absolute Gasteiger partial charge is 0.480 e. The summed E-state index contributed by atoms with van der Waals surface area (Å²) in [7, 11) is -3.15. The van der Waals surface area contributed by atoms with E-state index in [2.05, 4.69) is 10.6 Å². The predicted octanol–water partition coefficient (Wildman–Crippen LogP) is 0.754. The van der Waals surface area contributed by atoms with Gasteiger partial charge in [-0.1, -0.05) is 26.7 Å². The summed E-state index contributed by atoms with van der Waals surface area (Å²) in [5.41, 5.74) is -1.24. The molecule has 1 aliphatic rings. The van der Waals surface area contributed by atoms with Gasteiger partial charge in [-0.05, 0) is 18.8 Å². The summed E-state index contributed by atoms with van der Waals surface area (Å²) in [6.07, 6.45) is 2.49. The molecule has 0 heterocycles. The minimum absolute atomic E-state index is 0.0206. The quantitative estimate of drug-likeness (QED) is 0.668. The van der Waals surface area contributed by atoms with E-state index in [1.54, 1.807) is 0 Å². The van der Waals surface area contributed by atoms with Gasteiger partial charge in [-0.25, -0.2) is 18.0 Å². The highest BCUT2D eigenvalue weighted by Gasteiger charge is 2.43. The van der Waals surface area contributed by atoms with Gasteiger partial charge < -0.3 is 15.7 Å². The molecule has 0 aromatic heterocycles. The molecule has 7 nitrogen and oxygen atoms in total. The van der Waals surface area contributed by atoms with Crippen LogP contribution in [0.4, 0.5) is 4.79 Å². The van der Waals surface area contributed by atoms with Crippen LogP contribution >= 0.6 is 0 Å². The Kier molecular flexibility index (Phi) is 6.00. The molecule has 1 aliphatic carbocycles. The number of carboxylic acids is 1. The molecule has 1 saturated carbocycles. The van der Waals surface area contributed by atoms with Crippen molar-refractivity contribution >= 4 is 21.8 Å².